The molecule has 2 aromatic rings. The van der Waals surface area contributed by atoms with Crippen LogP contribution in [0.4, 0.5) is 0 Å². The average molecular weight is 407 g/mol. The molecular formula is C20H25NO8. The summed E-state index contributed by atoms with van der Waals surface area (Å²) < 4.78 is 31.8. The second-order valence-corrected chi connectivity index (χ2v) is 5.99. The van der Waals surface area contributed by atoms with E-state index in [0.717, 1.165) is 0 Å². The topological polar surface area (TPSA) is 105 Å². The van der Waals surface area contributed by atoms with Gasteiger partial charge in [0.1, 0.15) is 23.0 Å². The quantitative estimate of drug-likeness (QED) is 0.447. The van der Waals surface area contributed by atoms with Gasteiger partial charge in [0.05, 0.1) is 25.6 Å². The first-order valence-corrected chi connectivity index (χ1v) is 8.79. The number of ether oxygens (including phenoxy) is 5. The van der Waals surface area contributed by atoms with Crippen molar-refractivity contribution in [1.82, 2.24) is 5.32 Å². The fourth-order valence-corrected chi connectivity index (χ4v) is 2.56. The number of amides is 1. The van der Waals surface area contributed by atoms with Gasteiger partial charge >= 0.3 is 5.97 Å². The molecule has 1 amide bonds. The molecule has 0 saturated heterocycles. The van der Waals surface area contributed by atoms with E-state index in [-0.39, 0.29) is 32.5 Å². The van der Waals surface area contributed by atoms with Crippen LogP contribution < -0.4 is 14.8 Å². The molecule has 1 heterocycles. The highest BCUT2D eigenvalue weighted by Gasteiger charge is 2.21. The van der Waals surface area contributed by atoms with Crippen LogP contribution in [0.2, 0.25) is 0 Å². The molecule has 0 radical (unpaired) electrons. The summed E-state index contributed by atoms with van der Waals surface area (Å²) in [5, 5.41) is 2.67. The highest BCUT2D eigenvalue weighted by atomic mass is 16.7. The Bertz CT molecular complexity index is 830. The summed E-state index contributed by atoms with van der Waals surface area (Å²) in [4.78, 5) is 23.1. The van der Waals surface area contributed by atoms with Crippen LogP contribution in [-0.2, 0) is 36.8 Å². The monoisotopic (exact) mass is 407 g/mol. The van der Waals surface area contributed by atoms with Crippen molar-refractivity contribution in [2.45, 2.75) is 19.9 Å². The lowest BCUT2D eigenvalue weighted by molar-refractivity contribution is -0.139. The molecule has 0 aliphatic rings. The smallest absolute Gasteiger partial charge is 0.310 e. The van der Waals surface area contributed by atoms with E-state index in [1.54, 1.807) is 24.3 Å². The van der Waals surface area contributed by atoms with E-state index >= 15 is 0 Å². The fourth-order valence-electron chi connectivity index (χ4n) is 2.56. The molecule has 0 aliphatic heterocycles. The van der Waals surface area contributed by atoms with Gasteiger partial charge in [-0.3, -0.25) is 9.59 Å². The minimum Gasteiger partial charge on any atom is -0.469 e. The summed E-state index contributed by atoms with van der Waals surface area (Å²) >= 11 is 0. The van der Waals surface area contributed by atoms with Crippen LogP contribution >= 0.6 is 0 Å². The van der Waals surface area contributed by atoms with Gasteiger partial charge in [0.15, 0.2) is 13.6 Å². The third-order valence-corrected chi connectivity index (χ3v) is 3.82. The van der Waals surface area contributed by atoms with E-state index in [1.807, 2.05) is 0 Å². The summed E-state index contributed by atoms with van der Waals surface area (Å²) in [6.45, 7) is 1.68. The predicted molar refractivity (Wildman–Crippen MR) is 102 cm³/mol. The van der Waals surface area contributed by atoms with E-state index < -0.39 is 5.97 Å². The zero-order valence-electron chi connectivity index (χ0n) is 16.9. The third kappa shape index (κ3) is 6.51. The Morgan fingerprint density at radius 1 is 1.03 bits per heavy atom. The SMILES string of the molecule is COCOc1cc(CC(=O)OC)c(-c2ccc(CNC(C)=O)o2)c(OCOC)c1. The molecule has 9 nitrogen and oxygen atoms in total. The molecule has 2 rings (SSSR count). The van der Waals surface area contributed by atoms with Crippen LogP contribution in [0.5, 0.6) is 11.5 Å². The molecule has 1 aromatic carbocycles. The van der Waals surface area contributed by atoms with Crippen molar-refractivity contribution in [1.29, 1.82) is 0 Å². The van der Waals surface area contributed by atoms with Crippen LogP contribution in [0, 0.1) is 0 Å². The van der Waals surface area contributed by atoms with Crippen LogP contribution in [0.15, 0.2) is 28.7 Å². The van der Waals surface area contributed by atoms with Crippen molar-refractivity contribution < 1.29 is 37.7 Å². The number of rotatable bonds is 11. The first-order chi connectivity index (χ1) is 14.0. The van der Waals surface area contributed by atoms with E-state index in [2.05, 4.69) is 5.32 Å². The minimum atomic E-state index is -0.433. The van der Waals surface area contributed by atoms with Gasteiger partial charge in [0.2, 0.25) is 5.91 Å². The molecule has 158 valence electrons. The molecule has 0 saturated carbocycles. The molecule has 0 spiro atoms. The second kappa shape index (κ2) is 11.1. The minimum absolute atomic E-state index is 0.0160. The van der Waals surface area contributed by atoms with Gasteiger partial charge in [-0.05, 0) is 23.8 Å². The number of nitrogens with one attached hydrogen (secondary N) is 1. The Morgan fingerprint density at radius 3 is 2.41 bits per heavy atom. The highest BCUT2D eigenvalue weighted by molar-refractivity contribution is 5.80. The Kier molecular flexibility index (Phi) is 8.50. The molecule has 29 heavy (non-hydrogen) atoms. The molecule has 0 unspecified atom stereocenters. The van der Waals surface area contributed by atoms with E-state index in [0.29, 0.717) is 34.1 Å². The summed E-state index contributed by atoms with van der Waals surface area (Å²) in [5.74, 6) is 1.27. The number of carbonyl (C=O) groups excluding carboxylic acids is 2. The standard InChI is InChI=1S/C20H25NO8/c1-13(22)21-10-15-5-6-17(29-15)20-14(8-19(23)26-4)7-16(27-11-24-2)9-18(20)28-12-25-3/h5-7,9H,8,10-12H2,1-4H3,(H,21,22). The van der Waals surface area contributed by atoms with Crippen molar-refractivity contribution in [3.8, 4) is 22.8 Å². The average Bonchev–Trinajstić information content (AvgIpc) is 3.17. The number of hydrogen-bond acceptors (Lipinski definition) is 8. The van der Waals surface area contributed by atoms with Crippen molar-refractivity contribution in [2.75, 3.05) is 34.9 Å². The molecule has 9 heteroatoms. The third-order valence-electron chi connectivity index (χ3n) is 3.82. The normalized spacial score (nSPS) is 10.5. The van der Waals surface area contributed by atoms with Gasteiger partial charge in [-0.1, -0.05) is 0 Å². The Morgan fingerprint density at radius 2 is 1.76 bits per heavy atom. The number of esters is 1. The summed E-state index contributed by atoms with van der Waals surface area (Å²) in [6.07, 6.45) is -0.0267. The van der Waals surface area contributed by atoms with E-state index in [1.165, 1.54) is 28.3 Å². The van der Waals surface area contributed by atoms with Crippen molar-refractivity contribution in [3.63, 3.8) is 0 Å². The lowest BCUT2D eigenvalue weighted by Gasteiger charge is -2.16. The van der Waals surface area contributed by atoms with Crippen molar-refractivity contribution >= 4 is 11.9 Å². The number of furan rings is 1. The maximum absolute atomic E-state index is 12.0. The fraction of sp³-hybridized carbons (Fsp3) is 0.400. The van der Waals surface area contributed by atoms with Gasteiger partial charge < -0.3 is 33.4 Å². The predicted octanol–water partition coefficient (Wildman–Crippen LogP) is 2.26. The van der Waals surface area contributed by atoms with Crippen molar-refractivity contribution in [2.24, 2.45) is 0 Å². The molecule has 0 aliphatic carbocycles. The lowest BCUT2D eigenvalue weighted by atomic mass is 10.0. The van der Waals surface area contributed by atoms with Gasteiger partial charge in [0, 0.05) is 27.2 Å². The lowest BCUT2D eigenvalue weighted by Crippen LogP contribution is -2.18. The first kappa shape index (κ1) is 22.3. The van der Waals surface area contributed by atoms with Crippen LogP contribution in [0.3, 0.4) is 0 Å². The summed E-state index contributed by atoms with van der Waals surface area (Å²) in [5.41, 5.74) is 1.14. The molecule has 0 fully saturated rings. The van der Waals surface area contributed by atoms with Crippen molar-refractivity contribution in [3.05, 3.63) is 35.6 Å². The van der Waals surface area contributed by atoms with Gasteiger partial charge in [0.25, 0.3) is 0 Å². The molecule has 0 bridgehead atoms. The summed E-state index contributed by atoms with van der Waals surface area (Å²) in [7, 11) is 4.32. The molecule has 0 atom stereocenters. The number of hydrogen-bond donors (Lipinski definition) is 1. The second-order valence-electron chi connectivity index (χ2n) is 5.99. The molecular weight excluding hydrogens is 382 g/mol. The first-order valence-electron chi connectivity index (χ1n) is 8.79. The van der Waals surface area contributed by atoms with Crippen LogP contribution in [0.25, 0.3) is 11.3 Å². The molecule has 1 N–H and O–H groups in total. The largest absolute Gasteiger partial charge is 0.469 e. The van der Waals surface area contributed by atoms with Gasteiger partial charge in [-0.15, -0.1) is 0 Å². The zero-order chi connectivity index (χ0) is 21.2. The Labute approximate surface area is 168 Å². The van der Waals surface area contributed by atoms with Crippen LogP contribution in [-0.4, -0.2) is 46.8 Å². The van der Waals surface area contributed by atoms with Gasteiger partial charge in [-0.25, -0.2) is 0 Å². The number of carbonyl (C=O) groups is 2. The maximum Gasteiger partial charge on any atom is 0.310 e. The Balaban J connectivity index is 2.49. The van der Waals surface area contributed by atoms with E-state index in [9.17, 15) is 9.59 Å². The number of benzene rings is 1. The maximum atomic E-state index is 12.0. The van der Waals surface area contributed by atoms with Crippen LogP contribution in [0.1, 0.15) is 18.2 Å². The summed E-state index contributed by atoms with van der Waals surface area (Å²) in [6, 6.07) is 6.83. The molecule has 1 aromatic heterocycles. The highest BCUT2D eigenvalue weighted by Crippen LogP contribution is 2.39. The van der Waals surface area contributed by atoms with E-state index in [4.69, 9.17) is 28.1 Å². The zero-order valence-corrected chi connectivity index (χ0v) is 16.9. The number of methoxy groups -OCH3 is 3. The Hall–Kier alpha value is -3.04. The van der Waals surface area contributed by atoms with Gasteiger partial charge in [-0.2, -0.15) is 0 Å².